The van der Waals surface area contributed by atoms with E-state index in [0.717, 1.165) is 11.5 Å². The average molecular weight is 314 g/mol. The molecule has 1 aromatic rings. The number of ether oxygens (including phenoxy) is 1. The van der Waals surface area contributed by atoms with E-state index in [-0.39, 0.29) is 5.75 Å². The highest BCUT2D eigenvalue weighted by Crippen LogP contribution is 2.39. The molecule has 0 N–H and O–H groups in total. The van der Waals surface area contributed by atoms with Gasteiger partial charge in [-0.1, -0.05) is 51.7 Å². The molecular weight excluding hydrogens is 289 g/mol. The normalized spacial score (nSPS) is 24.0. The van der Waals surface area contributed by atoms with Crippen molar-refractivity contribution in [1.29, 1.82) is 0 Å². The first-order valence-corrected chi connectivity index (χ1v) is 8.24. The number of benzene rings is 1. The smallest absolute Gasteiger partial charge is 0.406 e. The minimum absolute atomic E-state index is 0.143. The van der Waals surface area contributed by atoms with Crippen LogP contribution < -0.4 is 4.74 Å². The fourth-order valence-corrected chi connectivity index (χ4v) is 3.63. The predicted octanol–water partition coefficient (Wildman–Crippen LogP) is 6.30. The van der Waals surface area contributed by atoms with E-state index in [1.165, 1.54) is 50.7 Å². The second-order valence-electron chi connectivity index (χ2n) is 6.47. The van der Waals surface area contributed by atoms with Crippen LogP contribution in [-0.2, 0) is 0 Å². The summed E-state index contributed by atoms with van der Waals surface area (Å²) in [7, 11) is 0. The number of hydrogen-bond acceptors (Lipinski definition) is 1. The van der Waals surface area contributed by atoms with E-state index in [1.807, 2.05) is 0 Å². The van der Waals surface area contributed by atoms with Crippen molar-refractivity contribution in [2.45, 2.75) is 64.7 Å². The van der Waals surface area contributed by atoms with Gasteiger partial charge in [-0.15, -0.1) is 13.2 Å². The summed E-state index contributed by atoms with van der Waals surface area (Å²) in [6.07, 6.45) is 3.00. The van der Waals surface area contributed by atoms with E-state index in [4.69, 9.17) is 0 Å². The molecule has 1 saturated carbocycles. The zero-order valence-corrected chi connectivity index (χ0v) is 13.3. The van der Waals surface area contributed by atoms with Crippen molar-refractivity contribution in [3.05, 3.63) is 29.8 Å². The number of halogens is 3. The molecule has 1 unspecified atom stereocenters. The molecule has 124 valence electrons. The van der Waals surface area contributed by atoms with Gasteiger partial charge in [0.2, 0.25) is 0 Å². The molecule has 1 fully saturated rings. The van der Waals surface area contributed by atoms with Crippen molar-refractivity contribution in [1.82, 2.24) is 0 Å². The molecule has 0 bridgehead atoms. The summed E-state index contributed by atoms with van der Waals surface area (Å²) in [5.41, 5.74) is 1.11. The quantitative estimate of drug-likeness (QED) is 0.620. The fraction of sp³-hybridized carbons (Fsp3) is 0.667. The molecule has 0 heterocycles. The van der Waals surface area contributed by atoms with E-state index >= 15 is 0 Å². The number of alkyl halides is 3. The lowest BCUT2D eigenvalue weighted by Crippen LogP contribution is -2.19. The molecular formula is C18H25F3O. The third kappa shape index (κ3) is 4.92. The predicted molar refractivity (Wildman–Crippen MR) is 81.9 cm³/mol. The monoisotopic (exact) mass is 314 g/mol. The van der Waals surface area contributed by atoms with Gasteiger partial charge >= 0.3 is 6.36 Å². The first-order valence-electron chi connectivity index (χ1n) is 8.24. The van der Waals surface area contributed by atoms with Crippen LogP contribution in [0.4, 0.5) is 13.2 Å². The first-order chi connectivity index (χ1) is 10.4. The van der Waals surface area contributed by atoms with Gasteiger partial charge in [-0.05, 0) is 48.3 Å². The second kappa shape index (κ2) is 7.38. The third-order valence-electron chi connectivity index (χ3n) is 4.93. The van der Waals surface area contributed by atoms with Crippen molar-refractivity contribution in [3.8, 4) is 5.75 Å². The van der Waals surface area contributed by atoms with E-state index in [2.05, 4.69) is 18.6 Å². The molecule has 0 aliphatic heterocycles. The standard InChI is InChI=1S/C18H25F3O/c1-3-4-14-5-7-15(8-6-14)13(2)16-9-11-17(12-10-16)22-18(19,20)21/h9-15H,3-8H2,1-2H3. The zero-order valence-electron chi connectivity index (χ0n) is 13.3. The van der Waals surface area contributed by atoms with Gasteiger partial charge in [-0.25, -0.2) is 0 Å². The van der Waals surface area contributed by atoms with Crippen LogP contribution in [-0.4, -0.2) is 6.36 Å². The minimum Gasteiger partial charge on any atom is -0.406 e. The Morgan fingerprint density at radius 2 is 1.68 bits per heavy atom. The second-order valence-corrected chi connectivity index (χ2v) is 6.47. The maximum Gasteiger partial charge on any atom is 0.573 e. The van der Waals surface area contributed by atoms with Crippen LogP contribution in [0, 0.1) is 11.8 Å². The third-order valence-corrected chi connectivity index (χ3v) is 4.93. The molecule has 0 radical (unpaired) electrons. The van der Waals surface area contributed by atoms with Gasteiger partial charge in [-0.2, -0.15) is 0 Å². The van der Waals surface area contributed by atoms with Crippen molar-refractivity contribution in [3.63, 3.8) is 0 Å². The Balaban J connectivity index is 1.91. The van der Waals surface area contributed by atoms with Gasteiger partial charge in [0.1, 0.15) is 5.75 Å². The van der Waals surface area contributed by atoms with Gasteiger partial charge < -0.3 is 4.74 Å². The fourth-order valence-electron chi connectivity index (χ4n) is 3.63. The van der Waals surface area contributed by atoms with Crippen molar-refractivity contribution in [2.24, 2.45) is 11.8 Å². The van der Waals surface area contributed by atoms with E-state index in [0.29, 0.717) is 11.8 Å². The molecule has 1 atom stereocenters. The Labute approximate surface area is 130 Å². The van der Waals surface area contributed by atoms with Gasteiger partial charge in [0, 0.05) is 0 Å². The van der Waals surface area contributed by atoms with Gasteiger partial charge in [0.15, 0.2) is 0 Å². The van der Waals surface area contributed by atoms with Crippen LogP contribution in [0.25, 0.3) is 0 Å². The Hall–Kier alpha value is -1.19. The van der Waals surface area contributed by atoms with Crippen LogP contribution in [0.2, 0.25) is 0 Å². The van der Waals surface area contributed by atoms with Gasteiger partial charge in [0.05, 0.1) is 0 Å². The highest BCUT2D eigenvalue weighted by Gasteiger charge is 2.31. The molecule has 1 aliphatic rings. The van der Waals surface area contributed by atoms with Gasteiger partial charge in [-0.3, -0.25) is 0 Å². The van der Waals surface area contributed by atoms with E-state index in [9.17, 15) is 13.2 Å². The maximum atomic E-state index is 12.2. The molecule has 1 aromatic carbocycles. The average Bonchev–Trinajstić information content (AvgIpc) is 2.47. The SMILES string of the molecule is CCCC1CCC(C(C)c2ccc(OC(F)(F)F)cc2)CC1. The topological polar surface area (TPSA) is 9.23 Å². The molecule has 2 rings (SSSR count). The molecule has 0 spiro atoms. The first kappa shape index (κ1) is 17.2. The summed E-state index contributed by atoms with van der Waals surface area (Å²) >= 11 is 0. The summed E-state index contributed by atoms with van der Waals surface area (Å²) < 4.78 is 40.4. The highest BCUT2D eigenvalue weighted by atomic mass is 19.4. The summed E-state index contributed by atoms with van der Waals surface area (Å²) in [6, 6.07) is 6.37. The maximum absolute atomic E-state index is 12.2. The highest BCUT2D eigenvalue weighted by molar-refractivity contribution is 5.29. The Kier molecular flexibility index (Phi) is 5.76. The largest absolute Gasteiger partial charge is 0.573 e. The summed E-state index contributed by atoms with van der Waals surface area (Å²) in [5.74, 6) is 1.76. The molecule has 0 saturated heterocycles. The van der Waals surface area contributed by atoms with Crippen molar-refractivity contribution in [2.75, 3.05) is 0 Å². The summed E-state index contributed by atoms with van der Waals surface area (Å²) in [5, 5.41) is 0. The molecule has 1 nitrogen and oxygen atoms in total. The van der Waals surface area contributed by atoms with E-state index in [1.54, 1.807) is 12.1 Å². The molecule has 1 aliphatic carbocycles. The number of hydrogen-bond donors (Lipinski definition) is 0. The number of rotatable bonds is 5. The zero-order chi connectivity index (χ0) is 16.2. The molecule has 22 heavy (non-hydrogen) atoms. The Bertz CT molecular complexity index is 444. The lowest BCUT2D eigenvalue weighted by atomic mass is 9.73. The van der Waals surface area contributed by atoms with Crippen molar-refractivity contribution < 1.29 is 17.9 Å². The summed E-state index contributed by atoms with van der Waals surface area (Å²) in [4.78, 5) is 0. The molecule has 0 aromatic heterocycles. The van der Waals surface area contributed by atoms with Crippen LogP contribution in [0.5, 0.6) is 5.75 Å². The molecule has 4 heteroatoms. The van der Waals surface area contributed by atoms with Crippen molar-refractivity contribution >= 4 is 0 Å². The summed E-state index contributed by atoms with van der Waals surface area (Å²) in [6.45, 7) is 4.42. The molecule has 0 amide bonds. The lowest BCUT2D eigenvalue weighted by Gasteiger charge is -2.32. The van der Waals surface area contributed by atoms with Crippen LogP contribution >= 0.6 is 0 Å². The van der Waals surface area contributed by atoms with E-state index < -0.39 is 6.36 Å². The van der Waals surface area contributed by atoms with Gasteiger partial charge in [0.25, 0.3) is 0 Å². The van der Waals surface area contributed by atoms with Crippen LogP contribution in [0.1, 0.15) is 63.9 Å². The van der Waals surface area contributed by atoms with Crippen LogP contribution in [0.15, 0.2) is 24.3 Å². The minimum atomic E-state index is -4.62. The lowest BCUT2D eigenvalue weighted by molar-refractivity contribution is -0.274. The Morgan fingerprint density at radius 1 is 1.09 bits per heavy atom. The Morgan fingerprint density at radius 3 is 2.18 bits per heavy atom. The van der Waals surface area contributed by atoms with Crippen LogP contribution in [0.3, 0.4) is 0 Å².